The molecule has 0 bridgehead atoms. The van der Waals surface area contributed by atoms with Gasteiger partial charge in [-0.05, 0) is 49.2 Å². The van der Waals surface area contributed by atoms with E-state index in [2.05, 4.69) is 5.32 Å². The predicted molar refractivity (Wildman–Crippen MR) is 126 cm³/mol. The van der Waals surface area contributed by atoms with Crippen LogP contribution in [0, 0.1) is 12.7 Å². The molecule has 0 aliphatic rings. The molecule has 0 saturated carbocycles. The first-order chi connectivity index (χ1) is 15.2. The van der Waals surface area contributed by atoms with E-state index in [0.717, 1.165) is 28.1 Å². The second kappa shape index (κ2) is 9.96. The summed E-state index contributed by atoms with van der Waals surface area (Å²) in [7, 11) is -3.66. The first-order valence-corrected chi connectivity index (χ1v) is 12.2. The largest absolute Gasteiger partial charge is 0.345 e. The molecule has 3 aromatic rings. The van der Waals surface area contributed by atoms with Gasteiger partial charge in [-0.3, -0.25) is 9.10 Å². The Hall–Kier alpha value is -3.19. The lowest BCUT2D eigenvalue weighted by Gasteiger charge is -2.23. The van der Waals surface area contributed by atoms with Gasteiger partial charge in [0.05, 0.1) is 24.5 Å². The molecule has 32 heavy (non-hydrogen) atoms. The van der Waals surface area contributed by atoms with Gasteiger partial charge in [0.25, 0.3) is 5.91 Å². The monoisotopic (exact) mass is 454 g/mol. The zero-order valence-corrected chi connectivity index (χ0v) is 19.2. The molecular formula is C25H27FN2O3S. The molecule has 0 aromatic heterocycles. The van der Waals surface area contributed by atoms with E-state index >= 15 is 0 Å². The number of aryl methyl sites for hydroxylation is 1. The molecule has 168 valence electrons. The highest BCUT2D eigenvalue weighted by Gasteiger charge is 2.20. The van der Waals surface area contributed by atoms with E-state index in [9.17, 15) is 17.6 Å². The Balaban J connectivity index is 1.79. The highest BCUT2D eigenvalue weighted by atomic mass is 32.2. The van der Waals surface area contributed by atoms with Crippen LogP contribution in [0.1, 0.15) is 46.4 Å². The summed E-state index contributed by atoms with van der Waals surface area (Å²) < 4.78 is 39.9. The van der Waals surface area contributed by atoms with Crippen molar-refractivity contribution in [3.8, 4) is 0 Å². The van der Waals surface area contributed by atoms with Crippen LogP contribution >= 0.6 is 0 Å². The van der Waals surface area contributed by atoms with Crippen molar-refractivity contribution in [1.82, 2.24) is 5.32 Å². The Morgan fingerprint density at radius 1 is 1.00 bits per heavy atom. The number of nitrogens with one attached hydrogen (secondary N) is 1. The lowest BCUT2D eigenvalue weighted by atomic mass is 10.0. The number of sulfonamides is 1. The van der Waals surface area contributed by atoms with E-state index in [-0.39, 0.29) is 24.1 Å². The maximum Gasteiger partial charge on any atom is 0.251 e. The third kappa shape index (κ3) is 5.73. The molecule has 3 aromatic carbocycles. The van der Waals surface area contributed by atoms with Crippen molar-refractivity contribution in [1.29, 1.82) is 0 Å². The van der Waals surface area contributed by atoms with Crippen LogP contribution in [-0.2, 0) is 16.6 Å². The average Bonchev–Trinajstić information content (AvgIpc) is 2.77. The normalized spacial score (nSPS) is 12.2. The topological polar surface area (TPSA) is 66.5 Å². The van der Waals surface area contributed by atoms with Crippen LogP contribution in [0.4, 0.5) is 10.1 Å². The van der Waals surface area contributed by atoms with Gasteiger partial charge in [0, 0.05) is 11.1 Å². The zero-order valence-electron chi connectivity index (χ0n) is 18.4. The van der Waals surface area contributed by atoms with E-state index in [1.807, 2.05) is 38.1 Å². The van der Waals surface area contributed by atoms with Crippen molar-refractivity contribution >= 4 is 21.6 Å². The number of nitrogens with zero attached hydrogens (tertiary/aromatic N) is 1. The number of carbonyl (C=O) groups excluding carboxylic acids is 1. The Bertz CT molecular complexity index is 1180. The first-order valence-electron chi connectivity index (χ1n) is 10.4. The number of rotatable bonds is 8. The number of benzene rings is 3. The molecule has 5 nitrogen and oxygen atoms in total. The highest BCUT2D eigenvalue weighted by molar-refractivity contribution is 7.92. The molecule has 0 spiro atoms. The predicted octanol–water partition coefficient (Wildman–Crippen LogP) is 4.98. The highest BCUT2D eigenvalue weighted by Crippen LogP contribution is 2.23. The molecule has 0 heterocycles. The fraction of sp³-hybridized carbons (Fsp3) is 0.240. The van der Waals surface area contributed by atoms with Gasteiger partial charge in [0.1, 0.15) is 5.82 Å². The molecule has 0 fully saturated rings. The molecule has 3 rings (SSSR count). The van der Waals surface area contributed by atoms with E-state index in [1.54, 1.807) is 42.5 Å². The van der Waals surface area contributed by atoms with Crippen molar-refractivity contribution in [2.45, 2.75) is 32.9 Å². The lowest BCUT2D eigenvalue weighted by Crippen LogP contribution is -2.30. The second-order valence-corrected chi connectivity index (χ2v) is 9.66. The molecule has 0 aliphatic carbocycles. The van der Waals surface area contributed by atoms with Gasteiger partial charge in [-0.15, -0.1) is 0 Å². The summed E-state index contributed by atoms with van der Waals surface area (Å²) in [6.45, 7) is 3.87. The van der Waals surface area contributed by atoms with E-state index in [0.29, 0.717) is 11.3 Å². The van der Waals surface area contributed by atoms with Gasteiger partial charge in [-0.2, -0.15) is 0 Å². The third-order valence-corrected chi connectivity index (χ3v) is 6.42. The molecule has 0 saturated heterocycles. The zero-order chi connectivity index (χ0) is 23.3. The number of carbonyl (C=O) groups is 1. The van der Waals surface area contributed by atoms with Crippen LogP contribution in [0.25, 0.3) is 0 Å². The van der Waals surface area contributed by atoms with Crippen LogP contribution in [0.2, 0.25) is 0 Å². The smallest absolute Gasteiger partial charge is 0.251 e. The van der Waals surface area contributed by atoms with Crippen LogP contribution < -0.4 is 9.62 Å². The van der Waals surface area contributed by atoms with Gasteiger partial charge < -0.3 is 5.32 Å². The van der Waals surface area contributed by atoms with Crippen LogP contribution in [0.15, 0.2) is 72.8 Å². The summed E-state index contributed by atoms with van der Waals surface area (Å²) in [5.74, 6) is -0.720. The van der Waals surface area contributed by atoms with Gasteiger partial charge in [-0.25, -0.2) is 12.8 Å². The number of anilines is 1. The SMILES string of the molecule is CCC(NC(=O)c1ccc(N(Cc2ccccc2F)S(C)(=O)=O)cc1)c1ccc(C)cc1. The Labute approximate surface area is 188 Å². The lowest BCUT2D eigenvalue weighted by molar-refractivity contribution is 0.0935. The molecule has 7 heteroatoms. The Morgan fingerprint density at radius 2 is 1.62 bits per heavy atom. The second-order valence-electron chi connectivity index (χ2n) is 7.75. The molecule has 1 unspecified atom stereocenters. The van der Waals surface area contributed by atoms with Gasteiger partial charge in [0.2, 0.25) is 10.0 Å². The van der Waals surface area contributed by atoms with Gasteiger partial charge in [0.15, 0.2) is 0 Å². The molecule has 1 amide bonds. The summed E-state index contributed by atoms with van der Waals surface area (Å²) in [6, 6.07) is 20.2. The molecule has 1 atom stereocenters. The van der Waals surface area contributed by atoms with Crippen molar-refractivity contribution in [2.75, 3.05) is 10.6 Å². The van der Waals surface area contributed by atoms with Gasteiger partial charge >= 0.3 is 0 Å². The number of hydrogen-bond acceptors (Lipinski definition) is 3. The van der Waals surface area contributed by atoms with Crippen LogP contribution in [0.3, 0.4) is 0 Å². The minimum atomic E-state index is -3.66. The molecule has 1 N–H and O–H groups in total. The fourth-order valence-electron chi connectivity index (χ4n) is 3.42. The maximum absolute atomic E-state index is 14.1. The number of hydrogen-bond donors (Lipinski definition) is 1. The standard InChI is InChI=1S/C25H27FN2O3S/c1-4-24(19-11-9-18(2)10-12-19)27-25(29)20-13-15-22(16-14-20)28(32(3,30)31)17-21-7-5-6-8-23(21)26/h5-16,24H,4,17H2,1-3H3,(H,27,29). The summed E-state index contributed by atoms with van der Waals surface area (Å²) in [5.41, 5.74) is 3.22. The van der Waals surface area contributed by atoms with Crippen LogP contribution in [0.5, 0.6) is 0 Å². The van der Waals surface area contributed by atoms with Crippen LogP contribution in [-0.4, -0.2) is 20.6 Å². The minimum absolute atomic E-state index is 0.128. The minimum Gasteiger partial charge on any atom is -0.345 e. The number of amides is 1. The van der Waals surface area contributed by atoms with E-state index < -0.39 is 15.8 Å². The average molecular weight is 455 g/mol. The first kappa shape index (κ1) is 23.5. The Kier molecular flexibility index (Phi) is 7.30. The van der Waals surface area contributed by atoms with E-state index in [1.165, 1.54) is 6.07 Å². The third-order valence-electron chi connectivity index (χ3n) is 5.28. The van der Waals surface area contributed by atoms with Crippen molar-refractivity contribution in [2.24, 2.45) is 0 Å². The summed E-state index contributed by atoms with van der Waals surface area (Å²) in [5, 5.41) is 3.02. The summed E-state index contributed by atoms with van der Waals surface area (Å²) >= 11 is 0. The van der Waals surface area contributed by atoms with E-state index in [4.69, 9.17) is 0 Å². The molecule has 0 aliphatic heterocycles. The quantitative estimate of drug-likeness (QED) is 0.522. The Morgan fingerprint density at radius 3 is 2.19 bits per heavy atom. The summed E-state index contributed by atoms with van der Waals surface area (Å²) in [4.78, 5) is 12.8. The molecular weight excluding hydrogens is 427 g/mol. The molecule has 0 radical (unpaired) electrons. The van der Waals surface area contributed by atoms with Crippen molar-refractivity contribution in [3.05, 3.63) is 101 Å². The number of halogens is 1. The van der Waals surface area contributed by atoms with Crippen molar-refractivity contribution in [3.63, 3.8) is 0 Å². The summed E-state index contributed by atoms with van der Waals surface area (Å²) in [6.07, 6.45) is 1.80. The van der Waals surface area contributed by atoms with Gasteiger partial charge in [-0.1, -0.05) is 55.0 Å². The van der Waals surface area contributed by atoms with Crippen molar-refractivity contribution < 1.29 is 17.6 Å². The fourth-order valence-corrected chi connectivity index (χ4v) is 4.30. The maximum atomic E-state index is 14.1.